The number of carbonyl (C=O) groups is 1. The molecule has 0 spiro atoms. The first-order valence-electron chi connectivity index (χ1n) is 5.54. The van der Waals surface area contributed by atoms with Crippen LogP contribution in [0.1, 0.15) is 21.7 Å². The van der Waals surface area contributed by atoms with Gasteiger partial charge in [-0.3, -0.25) is 4.79 Å². The lowest BCUT2D eigenvalue weighted by atomic mass is 10.0. The van der Waals surface area contributed by atoms with E-state index in [1.807, 2.05) is 6.07 Å². The van der Waals surface area contributed by atoms with E-state index in [0.29, 0.717) is 11.3 Å². The van der Waals surface area contributed by atoms with Crippen molar-refractivity contribution in [2.24, 2.45) is 0 Å². The van der Waals surface area contributed by atoms with Gasteiger partial charge in [-0.05, 0) is 19.1 Å². The number of amides is 1. The lowest BCUT2D eigenvalue weighted by molar-refractivity contribution is 0.0373. The number of hydrogen-bond donors (Lipinski definition) is 4. The van der Waals surface area contributed by atoms with E-state index < -0.39 is 31.3 Å². The van der Waals surface area contributed by atoms with E-state index in [1.165, 1.54) is 12.1 Å². The number of aliphatic hydroxyl groups excluding tert-OH is 3. The summed E-state index contributed by atoms with van der Waals surface area (Å²) < 4.78 is 0. The third-order valence-electron chi connectivity index (χ3n) is 2.73. The highest BCUT2D eigenvalue weighted by Gasteiger charge is 2.30. The molecule has 0 bridgehead atoms. The van der Waals surface area contributed by atoms with Gasteiger partial charge in [0.25, 0.3) is 5.91 Å². The number of carbonyl (C=O) groups excluding carboxylic acids is 1. The standard InChI is InChI=1S/C12H15N3O4/c1-8-9(4-13)2-3-10(14-8)11(19)15-12(5-16,6-17)7-18/h2-3,16-18H,5-7H2,1H3,(H,15,19). The van der Waals surface area contributed by atoms with Crippen LogP contribution in [-0.4, -0.2) is 51.6 Å². The van der Waals surface area contributed by atoms with Gasteiger partial charge in [0.1, 0.15) is 17.3 Å². The minimum absolute atomic E-state index is 0.0382. The molecule has 1 rings (SSSR count). The van der Waals surface area contributed by atoms with Crippen molar-refractivity contribution in [2.45, 2.75) is 12.5 Å². The molecule has 0 radical (unpaired) electrons. The van der Waals surface area contributed by atoms with Crippen LogP contribution in [-0.2, 0) is 0 Å². The molecule has 0 atom stereocenters. The minimum atomic E-state index is -1.50. The number of nitrogens with zero attached hydrogens (tertiary/aromatic N) is 2. The zero-order valence-electron chi connectivity index (χ0n) is 10.4. The molecule has 1 aromatic heterocycles. The molecular formula is C12H15N3O4. The molecular weight excluding hydrogens is 250 g/mol. The van der Waals surface area contributed by atoms with Crippen LogP contribution in [0.2, 0.25) is 0 Å². The third-order valence-corrected chi connectivity index (χ3v) is 2.73. The van der Waals surface area contributed by atoms with Gasteiger partial charge in [0.05, 0.1) is 31.1 Å². The van der Waals surface area contributed by atoms with Crippen LogP contribution in [0.4, 0.5) is 0 Å². The average Bonchev–Trinajstić information content (AvgIpc) is 2.44. The molecule has 0 aliphatic carbocycles. The second-order valence-corrected chi connectivity index (χ2v) is 4.15. The Morgan fingerprint density at radius 3 is 2.37 bits per heavy atom. The van der Waals surface area contributed by atoms with Crippen molar-refractivity contribution in [1.29, 1.82) is 5.26 Å². The maximum absolute atomic E-state index is 11.9. The van der Waals surface area contributed by atoms with Crippen LogP contribution in [0.15, 0.2) is 12.1 Å². The Morgan fingerprint density at radius 1 is 1.37 bits per heavy atom. The highest BCUT2D eigenvalue weighted by molar-refractivity contribution is 5.93. The number of nitrogens with one attached hydrogen (secondary N) is 1. The number of nitriles is 1. The summed E-state index contributed by atoms with van der Waals surface area (Å²) in [5.74, 6) is -0.648. The molecule has 0 unspecified atom stereocenters. The van der Waals surface area contributed by atoms with E-state index in [2.05, 4.69) is 10.3 Å². The van der Waals surface area contributed by atoms with Crippen molar-refractivity contribution >= 4 is 5.91 Å². The van der Waals surface area contributed by atoms with Crippen LogP contribution in [0.25, 0.3) is 0 Å². The molecule has 0 fully saturated rings. The summed E-state index contributed by atoms with van der Waals surface area (Å²) in [5, 5.41) is 38.4. The summed E-state index contributed by atoms with van der Waals surface area (Å²) in [6.45, 7) is -0.240. The number of aliphatic hydroxyl groups is 3. The highest BCUT2D eigenvalue weighted by atomic mass is 16.3. The fourth-order valence-electron chi connectivity index (χ4n) is 1.38. The molecule has 0 saturated heterocycles. The fraction of sp³-hybridized carbons (Fsp3) is 0.417. The van der Waals surface area contributed by atoms with Crippen molar-refractivity contribution in [3.8, 4) is 6.07 Å². The quantitative estimate of drug-likeness (QED) is 0.524. The van der Waals surface area contributed by atoms with Crippen molar-refractivity contribution in [3.05, 3.63) is 29.1 Å². The maximum Gasteiger partial charge on any atom is 0.270 e. The molecule has 1 aromatic rings. The summed E-state index contributed by atoms with van der Waals surface area (Å²) in [7, 11) is 0. The van der Waals surface area contributed by atoms with Gasteiger partial charge < -0.3 is 20.6 Å². The second-order valence-electron chi connectivity index (χ2n) is 4.15. The van der Waals surface area contributed by atoms with Crippen molar-refractivity contribution in [2.75, 3.05) is 19.8 Å². The molecule has 7 nitrogen and oxygen atoms in total. The summed E-state index contributed by atoms with van der Waals surface area (Å²) >= 11 is 0. The Morgan fingerprint density at radius 2 is 1.95 bits per heavy atom. The second kappa shape index (κ2) is 6.24. The molecule has 0 saturated carbocycles. The Bertz CT molecular complexity index is 498. The number of hydrogen-bond acceptors (Lipinski definition) is 6. The highest BCUT2D eigenvalue weighted by Crippen LogP contribution is 2.08. The Labute approximate surface area is 110 Å². The molecule has 0 aliphatic rings. The van der Waals surface area contributed by atoms with Gasteiger partial charge in [-0.25, -0.2) is 4.98 Å². The van der Waals surface area contributed by atoms with Gasteiger partial charge in [0.15, 0.2) is 0 Å². The smallest absolute Gasteiger partial charge is 0.270 e. The van der Waals surface area contributed by atoms with Crippen molar-refractivity contribution in [3.63, 3.8) is 0 Å². The van der Waals surface area contributed by atoms with Crippen LogP contribution in [0, 0.1) is 18.3 Å². The monoisotopic (exact) mass is 265 g/mol. The van der Waals surface area contributed by atoms with Gasteiger partial charge >= 0.3 is 0 Å². The number of aromatic nitrogens is 1. The molecule has 7 heteroatoms. The first-order valence-corrected chi connectivity index (χ1v) is 5.54. The zero-order chi connectivity index (χ0) is 14.5. The largest absolute Gasteiger partial charge is 0.394 e. The fourth-order valence-corrected chi connectivity index (χ4v) is 1.38. The normalized spacial score (nSPS) is 10.9. The zero-order valence-corrected chi connectivity index (χ0v) is 10.4. The SMILES string of the molecule is Cc1nc(C(=O)NC(CO)(CO)CO)ccc1C#N. The van der Waals surface area contributed by atoms with Gasteiger partial charge in [0.2, 0.25) is 0 Å². The van der Waals surface area contributed by atoms with Gasteiger partial charge in [0, 0.05) is 0 Å². The van der Waals surface area contributed by atoms with Gasteiger partial charge in [-0.1, -0.05) is 0 Å². The summed E-state index contributed by atoms with van der Waals surface area (Å²) in [5.41, 5.74) is -0.705. The van der Waals surface area contributed by atoms with Crippen LogP contribution in [0.5, 0.6) is 0 Å². The summed E-state index contributed by atoms with van der Waals surface area (Å²) in [6.07, 6.45) is 0. The molecule has 1 amide bonds. The predicted molar refractivity (Wildman–Crippen MR) is 65.1 cm³/mol. The molecule has 4 N–H and O–H groups in total. The van der Waals surface area contributed by atoms with Crippen LogP contribution in [0.3, 0.4) is 0 Å². The van der Waals surface area contributed by atoms with E-state index in [4.69, 9.17) is 20.6 Å². The molecule has 1 heterocycles. The van der Waals surface area contributed by atoms with Crippen molar-refractivity contribution < 1.29 is 20.1 Å². The Kier molecular flexibility index (Phi) is 4.94. The summed E-state index contributed by atoms with van der Waals surface area (Å²) in [4.78, 5) is 15.9. The average molecular weight is 265 g/mol. The molecule has 0 aromatic carbocycles. The van der Waals surface area contributed by atoms with Crippen LogP contribution >= 0.6 is 0 Å². The van der Waals surface area contributed by atoms with E-state index in [-0.39, 0.29) is 5.69 Å². The molecule has 102 valence electrons. The molecule has 0 aliphatic heterocycles. The predicted octanol–water partition coefficient (Wildman–Crippen LogP) is -1.29. The minimum Gasteiger partial charge on any atom is -0.394 e. The van der Waals surface area contributed by atoms with E-state index in [0.717, 1.165) is 0 Å². The Hall–Kier alpha value is -2.01. The first kappa shape index (κ1) is 15.0. The van der Waals surface area contributed by atoms with Gasteiger partial charge in [-0.15, -0.1) is 0 Å². The van der Waals surface area contributed by atoms with Crippen molar-refractivity contribution in [1.82, 2.24) is 10.3 Å². The first-order chi connectivity index (χ1) is 9.01. The topological polar surface area (TPSA) is 126 Å². The summed E-state index contributed by atoms with van der Waals surface area (Å²) in [6, 6.07) is 4.74. The lowest BCUT2D eigenvalue weighted by Gasteiger charge is -2.28. The molecule has 19 heavy (non-hydrogen) atoms. The van der Waals surface area contributed by atoms with E-state index in [9.17, 15) is 4.79 Å². The van der Waals surface area contributed by atoms with E-state index in [1.54, 1.807) is 6.92 Å². The number of aryl methyl sites for hydroxylation is 1. The Balaban J connectivity index is 2.96. The van der Waals surface area contributed by atoms with Gasteiger partial charge in [-0.2, -0.15) is 5.26 Å². The number of pyridine rings is 1. The van der Waals surface area contributed by atoms with E-state index >= 15 is 0 Å². The van der Waals surface area contributed by atoms with Crippen LogP contribution < -0.4 is 5.32 Å². The maximum atomic E-state index is 11.9. The lowest BCUT2D eigenvalue weighted by Crippen LogP contribution is -2.57. The number of rotatable bonds is 5. The third kappa shape index (κ3) is 3.26.